The van der Waals surface area contributed by atoms with Gasteiger partial charge in [0.25, 0.3) is 0 Å². The number of hydrogen-bond donors (Lipinski definition) is 1. The average Bonchev–Trinajstić information content (AvgIpc) is 2.96. The lowest BCUT2D eigenvalue weighted by molar-refractivity contribution is 0.00279. The Kier molecular flexibility index (Phi) is 2.21. The van der Waals surface area contributed by atoms with Gasteiger partial charge in [-0.3, -0.25) is 0 Å². The molecule has 3 rings (SSSR count). The van der Waals surface area contributed by atoms with E-state index in [1.165, 1.54) is 0 Å². The molecule has 18 heavy (non-hydrogen) atoms. The molecule has 4 heteroatoms. The van der Waals surface area contributed by atoms with Crippen molar-refractivity contribution in [2.75, 3.05) is 11.9 Å². The lowest BCUT2D eigenvalue weighted by Crippen LogP contribution is -2.43. The summed E-state index contributed by atoms with van der Waals surface area (Å²) < 4.78 is 5.81. The Labute approximate surface area is 107 Å². The molecule has 1 aromatic rings. The second-order valence-corrected chi connectivity index (χ2v) is 5.76. The largest absolute Gasteiger partial charge is 0.373 e. The van der Waals surface area contributed by atoms with Gasteiger partial charge in [-0.1, -0.05) is 0 Å². The van der Waals surface area contributed by atoms with Crippen LogP contribution in [0.15, 0.2) is 12.1 Å². The van der Waals surface area contributed by atoms with Gasteiger partial charge in [0.15, 0.2) is 0 Å². The first-order valence-electron chi connectivity index (χ1n) is 6.28. The number of hydrogen-bond acceptors (Lipinski definition) is 4. The lowest BCUT2D eigenvalue weighted by Gasteiger charge is -2.31. The van der Waals surface area contributed by atoms with Crippen LogP contribution in [0.1, 0.15) is 31.5 Å². The molecule has 1 aromatic heterocycles. The van der Waals surface area contributed by atoms with Crippen molar-refractivity contribution in [2.45, 2.75) is 38.3 Å². The molecule has 1 saturated carbocycles. The van der Waals surface area contributed by atoms with Gasteiger partial charge in [-0.15, -0.1) is 0 Å². The summed E-state index contributed by atoms with van der Waals surface area (Å²) in [6.45, 7) is 6.95. The highest BCUT2D eigenvalue weighted by Gasteiger charge is 2.68. The molecule has 2 aliphatic rings. The fourth-order valence-corrected chi connectivity index (χ4v) is 2.99. The number of pyridine rings is 1. The van der Waals surface area contributed by atoms with Crippen LogP contribution in [0.25, 0.3) is 0 Å². The quantitative estimate of drug-likeness (QED) is 0.865. The highest BCUT2D eigenvalue weighted by Crippen LogP contribution is 2.59. The van der Waals surface area contributed by atoms with Crippen molar-refractivity contribution in [1.29, 1.82) is 5.26 Å². The van der Waals surface area contributed by atoms with Crippen LogP contribution >= 0.6 is 0 Å². The highest BCUT2D eigenvalue weighted by molar-refractivity contribution is 5.49. The Morgan fingerprint density at radius 1 is 1.50 bits per heavy atom. The molecule has 1 aliphatic heterocycles. The van der Waals surface area contributed by atoms with Crippen LogP contribution in [-0.2, 0) is 4.74 Å². The van der Waals surface area contributed by atoms with Gasteiger partial charge in [0, 0.05) is 5.92 Å². The molecule has 1 N–H and O–H groups in total. The predicted molar refractivity (Wildman–Crippen MR) is 68.2 cm³/mol. The van der Waals surface area contributed by atoms with Gasteiger partial charge in [-0.05, 0) is 39.3 Å². The standard InChI is InChI=1S/C14H17N3O/c1-9-10(7-15)4-5-12(16-9)17-14-6-11(14)8-18-13(14,2)3/h4-5,11H,6,8H2,1-3H3,(H,16,17). The first-order chi connectivity index (χ1) is 8.48. The van der Waals surface area contributed by atoms with Crippen molar-refractivity contribution in [1.82, 2.24) is 4.98 Å². The van der Waals surface area contributed by atoms with E-state index in [0.717, 1.165) is 24.5 Å². The van der Waals surface area contributed by atoms with Crippen molar-refractivity contribution in [2.24, 2.45) is 5.92 Å². The molecule has 1 saturated heterocycles. The Morgan fingerprint density at radius 2 is 2.28 bits per heavy atom. The number of nitrogens with zero attached hydrogens (tertiary/aromatic N) is 2. The summed E-state index contributed by atoms with van der Waals surface area (Å²) >= 11 is 0. The SMILES string of the molecule is Cc1nc(NC23CC2COC3(C)C)ccc1C#N. The summed E-state index contributed by atoms with van der Waals surface area (Å²) in [6.07, 6.45) is 1.14. The molecule has 0 spiro atoms. The molecule has 2 unspecified atom stereocenters. The maximum Gasteiger partial charge on any atom is 0.126 e. The molecule has 0 aromatic carbocycles. The smallest absolute Gasteiger partial charge is 0.126 e. The predicted octanol–water partition coefficient (Wildman–Crippen LogP) is 2.24. The Bertz CT molecular complexity index is 546. The molecule has 4 nitrogen and oxygen atoms in total. The minimum atomic E-state index is -0.152. The maximum atomic E-state index is 8.91. The number of aromatic nitrogens is 1. The summed E-state index contributed by atoms with van der Waals surface area (Å²) in [5.74, 6) is 1.43. The van der Waals surface area contributed by atoms with E-state index in [0.29, 0.717) is 11.5 Å². The minimum Gasteiger partial charge on any atom is -0.373 e. The zero-order chi connectivity index (χ0) is 13.0. The fraction of sp³-hybridized carbons (Fsp3) is 0.571. The van der Waals surface area contributed by atoms with E-state index in [9.17, 15) is 0 Å². The van der Waals surface area contributed by atoms with Gasteiger partial charge in [-0.2, -0.15) is 5.26 Å². The molecule has 2 heterocycles. The van der Waals surface area contributed by atoms with Crippen molar-refractivity contribution >= 4 is 5.82 Å². The van der Waals surface area contributed by atoms with E-state index in [1.807, 2.05) is 19.1 Å². The zero-order valence-electron chi connectivity index (χ0n) is 10.9. The molecule has 0 amide bonds. The summed E-state index contributed by atoms with van der Waals surface area (Å²) in [5.41, 5.74) is 1.28. The third-order valence-electron chi connectivity index (χ3n) is 4.38. The monoisotopic (exact) mass is 243 g/mol. The van der Waals surface area contributed by atoms with E-state index in [4.69, 9.17) is 10.00 Å². The van der Waals surface area contributed by atoms with Crippen LogP contribution in [0, 0.1) is 24.2 Å². The number of anilines is 1. The van der Waals surface area contributed by atoms with Crippen LogP contribution in [0.3, 0.4) is 0 Å². The Hall–Kier alpha value is -1.60. The third kappa shape index (κ3) is 1.44. The first kappa shape index (κ1) is 11.5. The van der Waals surface area contributed by atoms with Gasteiger partial charge in [0.1, 0.15) is 11.9 Å². The van der Waals surface area contributed by atoms with Crippen LogP contribution < -0.4 is 5.32 Å². The minimum absolute atomic E-state index is 0.0284. The molecular formula is C14H17N3O. The number of fused-ring (bicyclic) bond motifs is 1. The lowest BCUT2D eigenvalue weighted by atomic mass is 9.95. The van der Waals surface area contributed by atoms with Crippen LogP contribution in [0.5, 0.6) is 0 Å². The van der Waals surface area contributed by atoms with Crippen molar-refractivity contribution in [3.05, 3.63) is 23.4 Å². The van der Waals surface area contributed by atoms with Crippen molar-refractivity contribution < 1.29 is 4.74 Å². The topological polar surface area (TPSA) is 57.9 Å². The van der Waals surface area contributed by atoms with E-state index in [2.05, 4.69) is 30.2 Å². The number of ether oxygens (including phenoxy) is 1. The fourth-order valence-electron chi connectivity index (χ4n) is 2.99. The van der Waals surface area contributed by atoms with Crippen LogP contribution in [0.4, 0.5) is 5.82 Å². The molecule has 2 atom stereocenters. The summed E-state index contributed by atoms with van der Waals surface area (Å²) in [6, 6.07) is 5.84. The van der Waals surface area contributed by atoms with Gasteiger partial charge in [0.2, 0.25) is 0 Å². The van der Waals surface area contributed by atoms with Gasteiger partial charge >= 0.3 is 0 Å². The van der Waals surface area contributed by atoms with Crippen molar-refractivity contribution in [3.63, 3.8) is 0 Å². The molecule has 2 fully saturated rings. The van der Waals surface area contributed by atoms with Crippen LogP contribution in [0.2, 0.25) is 0 Å². The number of nitriles is 1. The second kappa shape index (κ2) is 3.46. The molecule has 1 aliphatic carbocycles. The van der Waals surface area contributed by atoms with E-state index < -0.39 is 0 Å². The third-order valence-corrected chi connectivity index (χ3v) is 4.38. The second-order valence-electron chi connectivity index (χ2n) is 5.76. The summed E-state index contributed by atoms with van der Waals surface area (Å²) in [5, 5.41) is 12.4. The number of rotatable bonds is 2. The highest BCUT2D eigenvalue weighted by atomic mass is 16.5. The zero-order valence-corrected chi connectivity index (χ0v) is 10.9. The van der Waals surface area contributed by atoms with Gasteiger partial charge in [0.05, 0.1) is 29.0 Å². The van der Waals surface area contributed by atoms with Crippen LogP contribution in [-0.4, -0.2) is 22.7 Å². The Morgan fingerprint density at radius 3 is 2.78 bits per heavy atom. The molecule has 0 bridgehead atoms. The molecule has 0 radical (unpaired) electrons. The van der Waals surface area contributed by atoms with E-state index >= 15 is 0 Å². The van der Waals surface area contributed by atoms with E-state index in [-0.39, 0.29) is 11.1 Å². The van der Waals surface area contributed by atoms with Gasteiger partial charge < -0.3 is 10.1 Å². The first-order valence-corrected chi connectivity index (χ1v) is 6.28. The van der Waals surface area contributed by atoms with Gasteiger partial charge in [-0.25, -0.2) is 4.98 Å². The molecule has 94 valence electrons. The number of aryl methyl sites for hydroxylation is 1. The van der Waals surface area contributed by atoms with E-state index in [1.54, 1.807) is 0 Å². The maximum absolute atomic E-state index is 8.91. The average molecular weight is 243 g/mol. The number of nitrogens with one attached hydrogen (secondary N) is 1. The normalized spacial score (nSPS) is 31.6. The molecular weight excluding hydrogens is 226 g/mol. The van der Waals surface area contributed by atoms with Crippen molar-refractivity contribution in [3.8, 4) is 6.07 Å². The summed E-state index contributed by atoms with van der Waals surface area (Å²) in [4.78, 5) is 4.46. The summed E-state index contributed by atoms with van der Waals surface area (Å²) in [7, 11) is 0. The Balaban J connectivity index is 1.87.